The Labute approximate surface area is 194 Å². The second-order valence-corrected chi connectivity index (χ2v) is 8.57. The summed E-state index contributed by atoms with van der Waals surface area (Å²) in [5.41, 5.74) is 0.876. The lowest BCUT2D eigenvalue weighted by atomic mass is 9.95. The maximum Gasteiger partial charge on any atom is 0.261 e. The van der Waals surface area contributed by atoms with Crippen LogP contribution in [0.3, 0.4) is 0 Å². The van der Waals surface area contributed by atoms with Gasteiger partial charge in [-0.05, 0) is 61.7 Å². The molecule has 0 heterocycles. The van der Waals surface area contributed by atoms with E-state index in [-0.39, 0.29) is 31.0 Å². The van der Waals surface area contributed by atoms with Crippen molar-refractivity contribution in [1.82, 2.24) is 10.2 Å². The maximum absolute atomic E-state index is 13.1. The van der Waals surface area contributed by atoms with Crippen LogP contribution in [0, 0.1) is 0 Å². The first kappa shape index (κ1) is 23.9. The first-order valence-corrected chi connectivity index (χ1v) is 11.4. The molecular formula is C25H31ClN2O4. The highest BCUT2D eigenvalue weighted by atomic mass is 35.5. The highest BCUT2D eigenvalue weighted by Crippen LogP contribution is 2.20. The molecule has 0 saturated heterocycles. The van der Waals surface area contributed by atoms with Gasteiger partial charge in [-0.15, -0.1) is 0 Å². The summed E-state index contributed by atoms with van der Waals surface area (Å²) in [5.74, 6) is 0.837. The van der Waals surface area contributed by atoms with Crippen LogP contribution in [0.2, 0.25) is 5.02 Å². The third-order valence-corrected chi connectivity index (χ3v) is 6.03. The number of amides is 2. The summed E-state index contributed by atoms with van der Waals surface area (Å²) in [6.07, 6.45) is 5.44. The molecule has 0 spiro atoms. The zero-order valence-electron chi connectivity index (χ0n) is 18.7. The lowest BCUT2D eigenvalue weighted by Gasteiger charge is -2.31. The molecule has 7 heteroatoms. The van der Waals surface area contributed by atoms with Crippen molar-refractivity contribution in [3.63, 3.8) is 0 Å². The van der Waals surface area contributed by atoms with Crippen LogP contribution < -0.4 is 14.8 Å². The number of rotatable bonds is 9. The Kier molecular flexibility index (Phi) is 8.80. The minimum Gasteiger partial charge on any atom is -0.497 e. The minimum absolute atomic E-state index is 0.139. The molecular weight excluding hydrogens is 428 g/mol. The standard InChI is InChI=1S/C25H31ClN2O4/c1-18(25(30)27-21-8-4-3-5-9-21)28(16-19-7-6-10-23(15-19)31-2)24(29)17-32-22-13-11-20(26)12-14-22/h6-7,10-15,18,21H,3-5,8-9,16-17H2,1-2H3,(H,27,30)/t18-/m1/s1. The molecule has 2 aromatic rings. The van der Waals surface area contributed by atoms with Crippen LogP contribution in [-0.4, -0.2) is 42.5 Å². The molecule has 0 bridgehead atoms. The number of carbonyl (C=O) groups excluding carboxylic acids is 2. The molecule has 1 saturated carbocycles. The zero-order chi connectivity index (χ0) is 22.9. The number of methoxy groups -OCH3 is 1. The van der Waals surface area contributed by atoms with Crippen molar-refractivity contribution in [3.05, 3.63) is 59.1 Å². The van der Waals surface area contributed by atoms with E-state index in [1.54, 1.807) is 43.2 Å². The molecule has 1 fully saturated rings. The SMILES string of the molecule is COc1cccc(CN(C(=O)COc2ccc(Cl)cc2)[C@H](C)C(=O)NC2CCCCC2)c1. The molecule has 172 valence electrons. The van der Waals surface area contributed by atoms with Crippen molar-refractivity contribution in [1.29, 1.82) is 0 Å². The fourth-order valence-electron chi connectivity index (χ4n) is 3.88. The highest BCUT2D eigenvalue weighted by Gasteiger charge is 2.28. The Morgan fingerprint density at radius 1 is 1.09 bits per heavy atom. The van der Waals surface area contributed by atoms with E-state index < -0.39 is 6.04 Å². The summed E-state index contributed by atoms with van der Waals surface area (Å²) in [4.78, 5) is 27.7. The van der Waals surface area contributed by atoms with E-state index in [2.05, 4.69) is 5.32 Å². The average Bonchev–Trinajstić information content (AvgIpc) is 2.82. The van der Waals surface area contributed by atoms with Crippen molar-refractivity contribution in [2.45, 2.75) is 57.7 Å². The number of carbonyl (C=O) groups is 2. The van der Waals surface area contributed by atoms with Crippen LogP contribution in [0.15, 0.2) is 48.5 Å². The van der Waals surface area contributed by atoms with Crippen LogP contribution in [0.25, 0.3) is 0 Å². The van der Waals surface area contributed by atoms with Gasteiger partial charge in [0.15, 0.2) is 6.61 Å². The number of hydrogen-bond donors (Lipinski definition) is 1. The van der Waals surface area contributed by atoms with Gasteiger partial charge >= 0.3 is 0 Å². The maximum atomic E-state index is 13.1. The molecule has 1 aliphatic rings. The molecule has 0 radical (unpaired) electrons. The number of halogens is 1. The Bertz CT molecular complexity index is 897. The van der Waals surface area contributed by atoms with Crippen LogP contribution in [0.5, 0.6) is 11.5 Å². The van der Waals surface area contributed by atoms with Gasteiger partial charge in [0.1, 0.15) is 17.5 Å². The number of nitrogens with one attached hydrogen (secondary N) is 1. The molecule has 2 aromatic carbocycles. The fraction of sp³-hybridized carbons (Fsp3) is 0.440. The van der Waals surface area contributed by atoms with Gasteiger partial charge in [-0.25, -0.2) is 0 Å². The number of benzene rings is 2. The molecule has 6 nitrogen and oxygen atoms in total. The quantitative estimate of drug-likeness (QED) is 0.596. The Morgan fingerprint density at radius 2 is 1.81 bits per heavy atom. The zero-order valence-corrected chi connectivity index (χ0v) is 19.4. The van der Waals surface area contributed by atoms with E-state index in [1.807, 2.05) is 24.3 Å². The predicted molar refractivity (Wildman–Crippen MR) is 125 cm³/mol. The Balaban J connectivity index is 1.71. The van der Waals surface area contributed by atoms with Crippen molar-refractivity contribution >= 4 is 23.4 Å². The molecule has 32 heavy (non-hydrogen) atoms. The minimum atomic E-state index is -0.635. The fourth-order valence-corrected chi connectivity index (χ4v) is 4.00. The van der Waals surface area contributed by atoms with Crippen molar-refractivity contribution < 1.29 is 19.1 Å². The van der Waals surface area contributed by atoms with E-state index in [0.29, 0.717) is 16.5 Å². The third kappa shape index (κ3) is 6.89. The second-order valence-electron chi connectivity index (χ2n) is 8.14. The largest absolute Gasteiger partial charge is 0.497 e. The molecule has 1 aliphatic carbocycles. The molecule has 0 aliphatic heterocycles. The molecule has 2 amide bonds. The lowest BCUT2D eigenvalue weighted by Crippen LogP contribution is -2.51. The van der Waals surface area contributed by atoms with Crippen LogP contribution in [0.1, 0.15) is 44.6 Å². The van der Waals surface area contributed by atoms with Crippen LogP contribution in [-0.2, 0) is 16.1 Å². The van der Waals surface area contributed by atoms with Gasteiger partial charge in [0.05, 0.1) is 7.11 Å². The average molecular weight is 459 g/mol. The van der Waals surface area contributed by atoms with Gasteiger partial charge in [0.25, 0.3) is 5.91 Å². The van der Waals surface area contributed by atoms with Gasteiger partial charge in [-0.1, -0.05) is 43.0 Å². The Morgan fingerprint density at radius 3 is 2.50 bits per heavy atom. The van der Waals surface area contributed by atoms with Gasteiger partial charge in [-0.2, -0.15) is 0 Å². The second kappa shape index (κ2) is 11.8. The van der Waals surface area contributed by atoms with E-state index >= 15 is 0 Å². The third-order valence-electron chi connectivity index (χ3n) is 5.78. The van der Waals surface area contributed by atoms with Crippen molar-refractivity contribution in [2.24, 2.45) is 0 Å². The predicted octanol–water partition coefficient (Wildman–Crippen LogP) is 4.59. The highest BCUT2D eigenvalue weighted by molar-refractivity contribution is 6.30. The Hall–Kier alpha value is -2.73. The summed E-state index contributed by atoms with van der Waals surface area (Å²) in [6, 6.07) is 13.9. The van der Waals surface area contributed by atoms with Crippen molar-refractivity contribution in [2.75, 3.05) is 13.7 Å². The van der Waals surface area contributed by atoms with E-state index in [4.69, 9.17) is 21.1 Å². The van der Waals surface area contributed by atoms with E-state index in [9.17, 15) is 9.59 Å². The summed E-state index contributed by atoms with van der Waals surface area (Å²) < 4.78 is 11.0. The van der Waals surface area contributed by atoms with Gasteiger partial charge < -0.3 is 19.7 Å². The summed E-state index contributed by atoms with van der Waals surface area (Å²) in [5, 5.41) is 3.72. The summed E-state index contributed by atoms with van der Waals surface area (Å²) in [7, 11) is 1.60. The first-order valence-electron chi connectivity index (χ1n) is 11.1. The monoisotopic (exact) mass is 458 g/mol. The van der Waals surface area contributed by atoms with E-state index in [0.717, 1.165) is 31.2 Å². The molecule has 0 unspecified atom stereocenters. The van der Waals surface area contributed by atoms with Crippen LogP contribution in [0.4, 0.5) is 0 Å². The van der Waals surface area contributed by atoms with Gasteiger partial charge in [0.2, 0.25) is 5.91 Å². The van der Waals surface area contributed by atoms with Crippen molar-refractivity contribution in [3.8, 4) is 11.5 Å². The lowest BCUT2D eigenvalue weighted by molar-refractivity contribution is -0.142. The van der Waals surface area contributed by atoms with Gasteiger partial charge in [0, 0.05) is 17.6 Å². The summed E-state index contributed by atoms with van der Waals surface area (Å²) in [6.45, 7) is 1.87. The molecule has 3 rings (SSSR count). The van der Waals surface area contributed by atoms with Crippen LogP contribution >= 0.6 is 11.6 Å². The van der Waals surface area contributed by atoms with Gasteiger partial charge in [-0.3, -0.25) is 9.59 Å². The smallest absolute Gasteiger partial charge is 0.261 e. The number of nitrogens with zero attached hydrogens (tertiary/aromatic N) is 1. The topological polar surface area (TPSA) is 67.9 Å². The molecule has 1 N–H and O–H groups in total. The normalized spacial score (nSPS) is 15.0. The molecule has 1 atom stereocenters. The summed E-state index contributed by atoms with van der Waals surface area (Å²) >= 11 is 5.91. The van der Waals surface area contributed by atoms with E-state index in [1.165, 1.54) is 6.42 Å². The molecule has 0 aromatic heterocycles. The number of ether oxygens (including phenoxy) is 2. The first-order chi connectivity index (χ1) is 15.5. The number of hydrogen-bond acceptors (Lipinski definition) is 4.